The van der Waals surface area contributed by atoms with E-state index in [0.29, 0.717) is 11.9 Å². The van der Waals surface area contributed by atoms with Crippen LogP contribution in [-0.4, -0.2) is 60.5 Å². The van der Waals surface area contributed by atoms with Crippen LogP contribution in [0.15, 0.2) is 0 Å². The minimum Gasteiger partial charge on any atom is -0.341 e. The Kier molecular flexibility index (Phi) is 6.97. The first-order valence-electron chi connectivity index (χ1n) is 8.99. The highest BCUT2D eigenvalue weighted by Gasteiger charge is 2.32. The van der Waals surface area contributed by atoms with Gasteiger partial charge in [0.25, 0.3) is 0 Å². The van der Waals surface area contributed by atoms with Gasteiger partial charge in [0.1, 0.15) is 0 Å². The Morgan fingerprint density at radius 2 is 1.76 bits per heavy atom. The molecule has 2 aliphatic heterocycles. The lowest BCUT2D eigenvalue weighted by atomic mass is 9.99. The van der Waals surface area contributed by atoms with Crippen molar-refractivity contribution < 1.29 is 4.79 Å². The summed E-state index contributed by atoms with van der Waals surface area (Å²) in [6, 6.07) is 0.580. The van der Waals surface area contributed by atoms with Gasteiger partial charge in [-0.15, -0.1) is 0 Å². The van der Waals surface area contributed by atoms with Crippen LogP contribution in [0.3, 0.4) is 0 Å². The molecule has 1 N–H and O–H groups in total. The molecule has 2 atom stereocenters. The Bertz CT molecular complexity index is 313. The van der Waals surface area contributed by atoms with Crippen molar-refractivity contribution in [3.8, 4) is 0 Å². The molecule has 21 heavy (non-hydrogen) atoms. The highest BCUT2D eigenvalue weighted by Crippen LogP contribution is 2.21. The van der Waals surface area contributed by atoms with Crippen molar-refractivity contribution in [1.29, 1.82) is 0 Å². The number of nitrogens with zero attached hydrogens (tertiary/aromatic N) is 2. The van der Waals surface area contributed by atoms with Gasteiger partial charge in [0.15, 0.2) is 0 Å². The van der Waals surface area contributed by atoms with Crippen LogP contribution in [0.1, 0.15) is 58.8 Å². The van der Waals surface area contributed by atoms with Crippen molar-refractivity contribution in [2.75, 3.05) is 32.7 Å². The summed E-state index contributed by atoms with van der Waals surface area (Å²) in [4.78, 5) is 17.4. The van der Waals surface area contributed by atoms with Gasteiger partial charge in [-0.3, -0.25) is 9.69 Å². The van der Waals surface area contributed by atoms with Crippen molar-refractivity contribution in [3.63, 3.8) is 0 Å². The molecular weight excluding hydrogens is 262 g/mol. The van der Waals surface area contributed by atoms with E-state index < -0.39 is 0 Å². The SMILES string of the molecule is CCNCC1CCCCN1C(C)C(=O)N1CCCCCC1. The van der Waals surface area contributed by atoms with Crippen molar-refractivity contribution in [1.82, 2.24) is 15.1 Å². The molecule has 0 aliphatic carbocycles. The van der Waals surface area contributed by atoms with Crippen molar-refractivity contribution in [2.24, 2.45) is 0 Å². The van der Waals surface area contributed by atoms with Crippen LogP contribution >= 0.6 is 0 Å². The van der Waals surface area contributed by atoms with E-state index in [0.717, 1.165) is 32.7 Å². The first-order valence-corrected chi connectivity index (χ1v) is 8.99. The zero-order chi connectivity index (χ0) is 15.1. The Hall–Kier alpha value is -0.610. The van der Waals surface area contributed by atoms with Gasteiger partial charge < -0.3 is 10.2 Å². The normalized spacial score (nSPS) is 26.4. The van der Waals surface area contributed by atoms with E-state index in [9.17, 15) is 4.79 Å². The molecule has 0 aromatic carbocycles. The van der Waals surface area contributed by atoms with Crippen LogP contribution in [0, 0.1) is 0 Å². The summed E-state index contributed by atoms with van der Waals surface area (Å²) in [6.45, 7) is 9.32. The van der Waals surface area contributed by atoms with Crippen molar-refractivity contribution in [3.05, 3.63) is 0 Å². The zero-order valence-corrected chi connectivity index (χ0v) is 13.9. The number of likely N-dealkylation sites (tertiary alicyclic amines) is 2. The van der Waals surface area contributed by atoms with Crippen LogP contribution in [0.4, 0.5) is 0 Å². The molecule has 2 saturated heterocycles. The Morgan fingerprint density at radius 3 is 2.43 bits per heavy atom. The number of nitrogens with one attached hydrogen (secondary N) is 1. The number of likely N-dealkylation sites (N-methyl/N-ethyl adjacent to an activating group) is 1. The van der Waals surface area contributed by atoms with E-state index >= 15 is 0 Å². The third-order valence-electron chi connectivity index (χ3n) is 5.08. The molecule has 0 aromatic rings. The topological polar surface area (TPSA) is 35.6 Å². The molecule has 122 valence electrons. The quantitative estimate of drug-likeness (QED) is 0.845. The maximum atomic E-state index is 12.8. The van der Waals surface area contributed by atoms with E-state index in [4.69, 9.17) is 0 Å². The predicted octanol–water partition coefficient (Wildman–Crippen LogP) is 2.24. The second-order valence-electron chi connectivity index (χ2n) is 6.61. The second kappa shape index (κ2) is 8.74. The lowest BCUT2D eigenvalue weighted by Gasteiger charge is -2.40. The van der Waals surface area contributed by atoms with Gasteiger partial charge in [0.2, 0.25) is 5.91 Å². The number of rotatable bonds is 5. The highest BCUT2D eigenvalue weighted by atomic mass is 16.2. The largest absolute Gasteiger partial charge is 0.341 e. The molecule has 2 fully saturated rings. The standard InChI is InChI=1S/C17H33N3O/c1-3-18-14-16-10-6-9-13-20(16)15(2)17(21)19-11-7-4-5-8-12-19/h15-16,18H,3-14H2,1-2H3. The Morgan fingerprint density at radius 1 is 1.10 bits per heavy atom. The predicted molar refractivity (Wildman–Crippen MR) is 87.4 cm³/mol. The third-order valence-corrected chi connectivity index (χ3v) is 5.08. The maximum Gasteiger partial charge on any atom is 0.239 e. The van der Waals surface area contributed by atoms with E-state index in [1.807, 2.05) is 0 Å². The average Bonchev–Trinajstić information content (AvgIpc) is 2.81. The number of carbonyl (C=O) groups is 1. The van der Waals surface area contributed by atoms with Gasteiger partial charge in [-0.2, -0.15) is 0 Å². The van der Waals surface area contributed by atoms with Crippen LogP contribution < -0.4 is 5.32 Å². The van der Waals surface area contributed by atoms with Crippen molar-refractivity contribution >= 4 is 5.91 Å². The lowest BCUT2D eigenvalue weighted by Crippen LogP contribution is -2.55. The molecule has 0 spiro atoms. The molecule has 0 saturated carbocycles. The number of hydrogen-bond acceptors (Lipinski definition) is 3. The first-order chi connectivity index (χ1) is 10.2. The summed E-state index contributed by atoms with van der Waals surface area (Å²) < 4.78 is 0. The first kappa shape index (κ1) is 16.8. The summed E-state index contributed by atoms with van der Waals surface area (Å²) in [5.41, 5.74) is 0. The lowest BCUT2D eigenvalue weighted by molar-refractivity contribution is -0.137. The average molecular weight is 295 g/mol. The molecule has 2 unspecified atom stereocenters. The van der Waals surface area contributed by atoms with Crippen LogP contribution in [0.25, 0.3) is 0 Å². The van der Waals surface area contributed by atoms with Crippen LogP contribution in [-0.2, 0) is 4.79 Å². The minimum atomic E-state index is 0.0482. The second-order valence-corrected chi connectivity index (χ2v) is 6.61. The molecule has 4 heteroatoms. The van der Waals surface area contributed by atoms with Crippen LogP contribution in [0.2, 0.25) is 0 Å². The van der Waals surface area contributed by atoms with Gasteiger partial charge in [-0.25, -0.2) is 0 Å². The monoisotopic (exact) mass is 295 g/mol. The zero-order valence-electron chi connectivity index (χ0n) is 13.9. The number of amides is 1. The molecular formula is C17H33N3O. The van der Waals surface area contributed by atoms with Gasteiger partial charge in [-0.1, -0.05) is 26.2 Å². The molecule has 2 aliphatic rings. The Labute approximate surface area is 130 Å². The fourth-order valence-electron chi connectivity index (χ4n) is 3.76. The summed E-state index contributed by atoms with van der Waals surface area (Å²) in [5, 5.41) is 3.46. The van der Waals surface area contributed by atoms with Gasteiger partial charge in [0, 0.05) is 25.7 Å². The highest BCUT2D eigenvalue weighted by molar-refractivity contribution is 5.81. The fraction of sp³-hybridized carbons (Fsp3) is 0.941. The number of piperidine rings is 1. The molecule has 2 heterocycles. The fourth-order valence-corrected chi connectivity index (χ4v) is 3.76. The minimum absolute atomic E-state index is 0.0482. The van der Waals surface area contributed by atoms with E-state index in [-0.39, 0.29) is 6.04 Å². The molecule has 0 radical (unpaired) electrons. The number of carbonyl (C=O) groups excluding carboxylic acids is 1. The number of hydrogen-bond donors (Lipinski definition) is 1. The van der Waals surface area contributed by atoms with E-state index in [1.54, 1.807) is 0 Å². The van der Waals surface area contributed by atoms with Crippen molar-refractivity contribution in [2.45, 2.75) is 70.9 Å². The molecule has 0 bridgehead atoms. The van der Waals surface area contributed by atoms with Gasteiger partial charge >= 0.3 is 0 Å². The Balaban J connectivity index is 1.94. The molecule has 4 nitrogen and oxygen atoms in total. The maximum absolute atomic E-state index is 12.8. The van der Waals surface area contributed by atoms with Gasteiger partial charge in [0.05, 0.1) is 6.04 Å². The molecule has 2 rings (SSSR count). The van der Waals surface area contributed by atoms with E-state index in [1.165, 1.54) is 44.9 Å². The van der Waals surface area contributed by atoms with Crippen LogP contribution in [0.5, 0.6) is 0 Å². The molecule has 0 aromatic heterocycles. The summed E-state index contributed by atoms with van der Waals surface area (Å²) >= 11 is 0. The summed E-state index contributed by atoms with van der Waals surface area (Å²) in [7, 11) is 0. The van der Waals surface area contributed by atoms with Gasteiger partial charge in [-0.05, 0) is 45.7 Å². The smallest absolute Gasteiger partial charge is 0.239 e. The summed E-state index contributed by atoms with van der Waals surface area (Å²) in [6.07, 6.45) is 8.69. The third kappa shape index (κ3) is 4.68. The van der Waals surface area contributed by atoms with E-state index in [2.05, 4.69) is 29.0 Å². The summed E-state index contributed by atoms with van der Waals surface area (Å²) in [5.74, 6) is 0.361. The molecule has 1 amide bonds.